The van der Waals surface area contributed by atoms with Gasteiger partial charge < -0.3 is 5.32 Å². The van der Waals surface area contributed by atoms with Crippen LogP contribution in [0.5, 0.6) is 0 Å². The van der Waals surface area contributed by atoms with Gasteiger partial charge in [0.2, 0.25) is 0 Å². The van der Waals surface area contributed by atoms with Crippen molar-refractivity contribution in [1.82, 2.24) is 19.8 Å². The van der Waals surface area contributed by atoms with Crippen LogP contribution in [0.4, 0.5) is 5.82 Å². The van der Waals surface area contributed by atoms with Crippen molar-refractivity contribution in [3.05, 3.63) is 17.6 Å². The van der Waals surface area contributed by atoms with Gasteiger partial charge in [0.1, 0.15) is 11.6 Å². The second-order valence-corrected chi connectivity index (χ2v) is 6.19. The highest BCUT2D eigenvalue weighted by Crippen LogP contribution is 2.40. The van der Waals surface area contributed by atoms with Gasteiger partial charge in [-0.2, -0.15) is 0 Å². The highest BCUT2D eigenvalue weighted by atomic mass is 15.4. The molecule has 0 amide bonds. The Hall–Kier alpha value is -1.20. The zero-order valence-electron chi connectivity index (χ0n) is 12.2. The lowest BCUT2D eigenvalue weighted by molar-refractivity contribution is 0.00862. The predicted molar refractivity (Wildman–Crippen MR) is 78.9 cm³/mol. The van der Waals surface area contributed by atoms with Crippen molar-refractivity contribution in [2.75, 3.05) is 44.6 Å². The fourth-order valence-corrected chi connectivity index (χ4v) is 3.36. The van der Waals surface area contributed by atoms with Crippen LogP contribution in [0.1, 0.15) is 43.2 Å². The van der Waals surface area contributed by atoms with E-state index in [1.807, 2.05) is 0 Å². The standard InChI is InChI=1S/C15H23N5/c1-2-16-14-9-12(11-3-4-11)17-15(18-14)13-10-19-5-7-20(13)8-6-19/h9,11,13H,2-8,10H2,1H3,(H,16,17,18). The van der Waals surface area contributed by atoms with Gasteiger partial charge in [0.15, 0.2) is 0 Å². The van der Waals surface area contributed by atoms with Crippen LogP contribution >= 0.6 is 0 Å². The molecule has 108 valence electrons. The van der Waals surface area contributed by atoms with E-state index in [1.165, 1.54) is 31.6 Å². The van der Waals surface area contributed by atoms with Crippen LogP contribution in [-0.2, 0) is 0 Å². The van der Waals surface area contributed by atoms with Gasteiger partial charge in [0, 0.05) is 56.9 Å². The fraction of sp³-hybridized carbons (Fsp3) is 0.733. The van der Waals surface area contributed by atoms with E-state index < -0.39 is 0 Å². The average molecular weight is 273 g/mol. The Kier molecular flexibility index (Phi) is 3.11. The summed E-state index contributed by atoms with van der Waals surface area (Å²) in [5.74, 6) is 2.73. The van der Waals surface area contributed by atoms with E-state index >= 15 is 0 Å². The summed E-state index contributed by atoms with van der Waals surface area (Å²) in [4.78, 5) is 14.8. The SMILES string of the molecule is CCNc1cc(C2CC2)nc(C2CN3CCN2CC3)n1. The Labute approximate surface area is 120 Å². The van der Waals surface area contributed by atoms with Crippen molar-refractivity contribution in [3.8, 4) is 0 Å². The molecular weight excluding hydrogens is 250 g/mol. The molecule has 20 heavy (non-hydrogen) atoms. The van der Waals surface area contributed by atoms with Crippen molar-refractivity contribution in [2.45, 2.75) is 31.7 Å². The molecule has 3 aliphatic heterocycles. The molecule has 4 fully saturated rings. The van der Waals surface area contributed by atoms with E-state index in [0.29, 0.717) is 12.0 Å². The molecule has 3 saturated heterocycles. The van der Waals surface area contributed by atoms with Crippen LogP contribution in [0, 0.1) is 0 Å². The van der Waals surface area contributed by atoms with Gasteiger partial charge in [-0.3, -0.25) is 9.80 Å². The maximum atomic E-state index is 4.90. The summed E-state index contributed by atoms with van der Waals surface area (Å²) in [6, 6.07) is 2.55. The van der Waals surface area contributed by atoms with Crippen LogP contribution in [-0.4, -0.2) is 59.0 Å². The second-order valence-electron chi connectivity index (χ2n) is 6.19. The minimum absolute atomic E-state index is 0.397. The van der Waals surface area contributed by atoms with Crippen LogP contribution in [0.3, 0.4) is 0 Å². The van der Waals surface area contributed by atoms with Crippen molar-refractivity contribution >= 4 is 5.82 Å². The Balaban J connectivity index is 1.65. The van der Waals surface area contributed by atoms with Crippen molar-refractivity contribution in [1.29, 1.82) is 0 Å². The highest BCUT2D eigenvalue weighted by molar-refractivity contribution is 5.38. The highest BCUT2D eigenvalue weighted by Gasteiger charge is 2.35. The lowest BCUT2D eigenvalue weighted by atomic mass is 10.1. The quantitative estimate of drug-likeness (QED) is 0.900. The molecule has 1 unspecified atom stereocenters. The van der Waals surface area contributed by atoms with Gasteiger partial charge in [-0.15, -0.1) is 0 Å². The Morgan fingerprint density at radius 2 is 2.00 bits per heavy atom. The lowest BCUT2D eigenvalue weighted by Gasteiger charge is -2.46. The first kappa shape index (κ1) is 12.5. The monoisotopic (exact) mass is 273 g/mol. The van der Waals surface area contributed by atoms with Crippen LogP contribution in [0.15, 0.2) is 6.07 Å². The maximum Gasteiger partial charge on any atom is 0.149 e. The van der Waals surface area contributed by atoms with Gasteiger partial charge in [0.25, 0.3) is 0 Å². The average Bonchev–Trinajstić information content (AvgIpc) is 3.33. The van der Waals surface area contributed by atoms with E-state index in [2.05, 4.69) is 28.1 Å². The molecule has 1 aliphatic carbocycles. The predicted octanol–water partition coefficient (Wildman–Crippen LogP) is 1.46. The first-order chi connectivity index (χ1) is 9.83. The molecule has 1 atom stereocenters. The Bertz CT molecular complexity index is 491. The molecule has 0 spiro atoms. The van der Waals surface area contributed by atoms with Crippen molar-refractivity contribution in [2.24, 2.45) is 0 Å². The van der Waals surface area contributed by atoms with Gasteiger partial charge in [-0.25, -0.2) is 9.97 Å². The first-order valence-electron chi connectivity index (χ1n) is 7.92. The molecule has 5 nitrogen and oxygen atoms in total. The smallest absolute Gasteiger partial charge is 0.149 e. The second kappa shape index (κ2) is 4.97. The summed E-state index contributed by atoms with van der Waals surface area (Å²) >= 11 is 0. The van der Waals surface area contributed by atoms with Gasteiger partial charge >= 0.3 is 0 Å². The molecule has 5 rings (SSSR count). The summed E-state index contributed by atoms with van der Waals surface area (Å²) in [6.07, 6.45) is 2.59. The molecule has 2 bridgehead atoms. The number of fused-ring (bicyclic) bond motifs is 3. The number of hydrogen-bond acceptors (Lipinski definition) is 5. The summed E-state index contributed by atoms with van der Waals surface area (Å²) in [5.41, 5.74) is 1.25. The topological polar surface area (TPSA) is 44.3 Å². The van der Waals surface area contributed by atoms with E-state index in [1.54, 1.807) is 0 Å². The lowest BCUT2D eigenvalue weighted by Crippen LogP contribution is -2.57. The normalized spacial score (nSPS) is 32.4. The summed E-state index contributed by atoms with van der Waals surface area (Å²) in [5, 5.41) is 3.37. The van der Waals surface area contributed by atoms with Crippen LogP contribution < -0.4 is 5.32 Å². The van der Waals surface area contributed by atoms with Crippen LogP contribution in [0.2, 0.25) is 0 Å². The van der Waals surface area contributed by atoms with Gasteiger partial charge in [-0.05, 0) is 19.8 Å². The van der Waals surface area contributed by atoms with Gasteiger partial charge in [-0.1, -0.05) is 0 Å². The van der Waals surface area contributed by atoms with E-state index in [9.17, 15) is 0 Å². The zero-order valence-corrected chi connectivity index (χ0v) is 12.2. The molecule has 0 aromatic carbocycles. The number of nitrogens with one attached hydrogen (secondary N) is 1. The van der Waals surface area contributed by atoms with E-state index in [4.69, 9.17) is 9.97 Å². The third-order valence-electron chi connectivity index (χ3n) is 4.69. The molecular formula is C15H23N5. The minimum atomic E-state index is 0.397. The van der Waals surface area contributed by atoms with E-state index in [-0.39, 0.29) is 0 Å². The third kappa shape index (κ3) is 2.29. The Morgan fingerprint density at radius 3 is 2.60 bits per heavy atom. The molecule has 1 aromatic heterocycles. The first-order valence-corrected chi connectivity index (χ1v) is 7.92. The molecule has 1 aromatic rings. The minimum Gasteiger partial charge on any atom is -0.370 e. The largest absolute Gasteiger partial charge is 0.370 e. The van der Waals surface area contributed by atoms with Gasteiger partial charge in [0.05, 0.1) is 6.04 Å². The summed E-state index contributed by atoms with van der Waals surface area (Å²) in [6.45, 7) is 8.88. The number of aromatic nitrogens is 2. The van der Waals surface area contributed by atoms with Crippen LogP contribution in [0.25, 0.3) is 0 Å². The van der Waals surface area contributed by atoms with Crippen molar-refractivity contribution in [3.63, 3.8) is 0 Å². The number of rotatable bonds is 4. The molecule has 4 aliphatic rings. The third-order valence-corrected chi connectivity index (χ3v) is 4.69. The van der Waals surface area contributed by atoms with Crippen molar-refractivity contribution < 1.29 is 0 Å². The number of anilines is 1. The van der Waals surface area contributed by atoms with E-state index in [0.717, 1.165) is 37.8 Å². The number of nitrogens with zero attached hydrogens (tertiary/aromatic N) is 4. The molecule has 4 heterocycles. The summed E-state index contributed by atoms with van der Waals surface area (Å²) in [7, 11) is 0. The summed E-state index contributed by atoms with van der Waals surface area (Å²) < 4.78 is 0. The maximum absolute atomic E-state index is 4.90. The Morgan fingerprint density at radius 1 is 1.20 bits per heavy atom. The zero-order chi connectivity index (χ0) is 13.5. The molecule has 5 heteroatoms. The fourth-order valence-electron chi connectivity index (χ4n) is 3.36. The molecule has 1 N–H and O–H groups in total. The molecule has 0 radical (unpaired) electrons. The molecule has 1 saturated carbocycles. The number of piperazine rings is 3. The number of hydrogen-bond donors (Lipinski definition) is 1.